The molecular weight excluding hydrogens is 383 g/mol. The lowest BCUT2D eigenvalue weighted by molar-refractivity contribution is -0.753. The average Bonchev–Trinajstić information content (AvgIpc) is 2.66. The minimum absolute atomic E-state index is 0.00672. The Labute approximate surface area is 157 Å². The fourth-order valence-corrected chi connectivity index (χ4v) is 1.70. The van der Waals surface area contributed by atoms with Crippen LogP contribution >= 0.6 is 0 Å². The van der Waals surface area contributed by atoms with Gasteiger partial charge in [-0.25, -0.2) is 4.79 Å². The molecule has 2 aromatic rings. The fraction of sp³-hybridized carbons (Fsp3) is 0.235. The Balaban J connectivity index is 0.000000416. The molecule has 1 heterocycles. The van der Waals surface area contributed by atoms with Gasteiger partial charge in [-0.3, -0.25) is 9.59 Å². The zero-order valence-electron chi connectivity index (χ0n) is 14.6. The SMILES string of the molecule is COC(=O)C(F)(F)F.O=C(O)CC[n+]1ccc(C(=O)Nc2ccccc2)cn1. The highest BCUT2D eigenvalue weighted by Crippen LogP contribution is 2.15. The summed E-state index contributed by atoms with van der Waals surface area (Å²) in [6, 6.07) is 10.7. The highest BCUT2D eigenvalue weighted by atomic mass is 19.4. The summed E-state index contributed by atoms with van der Waals surface area (Å²) in [7, 11) is 0.676. The minimum Gasteiger partial charge on any atom is -0.481 e. The number of aliphatic carboxylic acids is 1. The summed E-state index contributed by atoms with van der Waals surface area (Å²) in [5.74, 6) is -3.31. The second-order valence-corrected chi connectivity index (χ2v) is 5.13. The van der Waals surface area contributed by atoms with Crippen LogP contribution in [0.1, 0.15) is 16.8 Å². The number of hydrogen-bond donors (Lipinski definition) is 2. The molecule has 0 atom stereocenters. The number of benzene rings is 1. The topological polar surface area (TPSA) is 109 Å². The fourth-order valence-electron chi connectivity index (χ4n) is 1.70. The van der Waals surface area contributed by atoms with Crippen LogP contribution in [0, 0.1) is 0 Å². The van der Waals surface area contributed by atoms with Gasteiger partial charge in [0.2, 0.25) is 0 Å². The van der Waals surface area contributed by atoms with Crippen molar-refractivity contribution in [2.45, 2.75) is 19.1 Å². The number of nitrogens with zero attached hydrogens (tertiary/aromatic N) is 2. The molecule has 0 aliphatic rings. The van der Waals surface area contributed by atoms with E-state index >= 15 is 0 Å². The highest BCUT2D eigenvalue weighted by molar-refractivity contribution is 6.03. The number of aryl methyl sites for hydroxylation is 1. The molecule has 1 aromatic carbocycles. The maximum Gasteiger partial charge on any atom is 0.490 e. The van der Waals surface area contributed by atoms with Gasteiger partial charge in [0, 0.05) is 11.8 Å². The number of esters is 1. The summed E-state index contributed by atoms with van der Waals surface area (Å²) in [5.41, 5.74) is 1.13. The van der Waals surface area contributed by atoms with Crippen molar-refractivity contribution in [1.29, 1.82) is 0 Å². The van der Waals surface area contributed by atoms with E-state index < -0.39 is 18.1 Å². The number of methoxy groups -OCH3 is 1. The first-order valence-corrected chi connectivity index (χ1v) is 7.72. The number of halogens is 3. The van der Waals surface area contributed by atoms with Gasteiger partial charge in [-0.05, 0) is 17.2 Å². The number of aromatic nitrogens is 2. The van der Waals surface area contributed by atoms with Gasteiger partial charge in [0.25, 0.3) is 5.91 Å². The third kappa shape index (κ3) is 8.25. The molecule has 0 fully saturated rings. The predicted octanol–water partition coefficient (Wildman–Crippen LogP) is 1.82. The molecule has 0 aliphatic carbocycles. The molecule has 0 unspecified atom stereocenters. The van der Waals surface area contributed by atoms with Gasteiger partial charge in [-0.1, -0.05) is 22.9 Å². The molecule has 1 amide bonds. The summed E-state index contributed by atoms with van der Waals surface area (Å²) in [5, 5.41) is 15.3. The number of para-hydroxylation sites is 1. The summed E-state index contributed by atoms with van der Waals surface area (Å²) < 4.78 is 37.8. The number of carbonyl (C=O) groups excluding carboxylic acids is 2. The molecule has 2 N–H and O–H groups in total. The van der Waals surface area contributed by atoms with Crippen LogP contribution < -0.4 is 10.00 Å². The van der Waals surface area contributed by atoms with E-state index in [0.717, 1.165) is 0 Å². The maximum atomic E-state index is 11.9. The second kappa shape index (κ2) is 10.6. The van der Waals surface area contributed by atoms with Crippen molar-refractivity contribution in [2.24, 2.45) is 0 Å². The molecule has 1 aromatic heterocycles. The Bertz CT molecular complexity index is 796. The molecule has 2 rings (SSSR count). The van der Waals surface area contributed by atoms with Crippen LogP contribution in [-0.2, 0) is 20.9 Å². The predicted molar refractivity (Wildman–Crippen MR) is 89.2 cm³/mol. The first kappa shape index (κ1) is 22.5. The van der Waals surface area contributed by atoms with Crippen LogP contribution in [0.3, 0.4) is 0 Å². The quantitative estimate of drug-likeness (QED) is 0.585. The second-order valence-electron chi connectivity index (χ2n) is 5.13. The van der Waals surface area contributed by atoms with E-state index in [4.69, 9.17) is 5.11 Å². The van der Waals surface area contributed by atoms with Crippen LogP contribution in [0.15, 0.2) is 48.8 Å². The zero-order valence-corrected chi connectivity index (χ0v) is 14.6. The third-order valence-electron chi connectivity index (χ3n) is 3.04. The van der Waals surface area contributed by atoms with E-state index in [0.29, 0.717) is 18.4 Å². The summed E-state index contributed by atoms with van der Waals surface area (Å²) in [4.78, 5) is 31.9. The number of ether oxygens (including phenoxy) is 1. The van der Waals surface area contributed by atoms with Crippen molar-refractivity contribution in [1.82, 2.24) is 5.10 Å². The third-order valence-corrected chi connectivity index (χ3v) is 3.04. The minimum atomic E-state index is -4.85. The number of amides is 1. The lowest BCUT2D eigenvalue weighted by atomic mass is 10.2. The summed E-state index contributed by atoms with van der Waals surface area (Å²) in [6.45, 7) is 0.274. The Kier molecular flexibility index (Phi) is 8.53. The lowest BCUT2D eigenvalue weighted by Crippen LogP contribution is -2.38. The first-order chi connectivity index (χ1) is 13.1. The number of alkyl halides is 3. The van der Waals surface area contributed by atoms with Crippen LogP contribution in [0.4, 0.5) is 18.9 Å². The van der Waals surface area contributed by atoms with E-state index in [-0.39, 0.29) is 18.9 Å². The van der Waals surface area contributed by atoms with E-state index in [1.165, 1.54) is 10.9 Å². The van der Waals surface area contributed by atoms with Crippen LogP contribution in [0.5, 0.6) is 0 Å². The molecule has 0 saturated heterocycles. The van der Waals surface area contributed by atoms with Gasteiger partial charge >= 0.3 is 18.1 Å². The molecule has 0 radical (unpaired) electrons. The maximum absolute atomic E-state index is 11.9. The number of rotatable bonds is 5. The number of carboxylic acid groups (broad SMARTS) is 1. The molecule has 0 saturated carbocycles. The Morgan fingerprint density at radius 3 is 2.25 bits per heavy atom. The largest absolute Gasteiger partial charge is 0.490 e. The molecule has 0 spiro atoms. The van der Waals surface area contributed by atoms with Crippen molar-refractivity contribution in [2.75, 3.05) is 12.4 Å². The van der Waals surface area contributed by atoms with Gasteiger partial charge in [0.1, 0.15) is 12.6 Å². The van der Waals surface area contributed by atoms with Crippen LogP contribution in [0.25, 0.3) is 0 Å². The lowest BCUT2D eigenvalue weighted by Gasteiger charge is -2.03. The first-order valence-electron chi connectivity index (χ1n) is 7.72. The Hall–Kier alpha value is -3.50. The van der Waals surface area contributed by atoms with E-state index in [1.807, 2.05) is 18.2 Å². The van der Waals surface area contributed by atoms with Crippen molar-refractivity contribution < 1.29 is 42.1 Å². The molecule has 28 heavy (non-hydrogen) atoms. The molecule has 8 nitrogen and oxygen atoms in total. The van der Waals surface area contributed by atoms with Gasteiger partial charge < -0.3 is 15.2 Å². The van der Waals surface area contributed by atoms with E-state index in [9.17, 15) is 27.6 Å². The zero-order chi connectivity index (χ0) is 21.2. The van der Waals surface area contributed by atoms with E-state index in [1.54, 1.807) is 24.4 Å². The summed E-state index contributed by atoms with van der Waals surface area (Å²) >= 11 is 0. The summed E-state index contributed by atoms with van der Waals surface area (Å²) in [6.07, 6.45) is -1.86. The number of anilines is 1. The van der Waals surface area contributed by atoms with Crippen LogP contribution in [0.2, 0.25) is 0 Å². The Morgan fingerprint density at radius 2 is 1.82 bits per heavy atom. The molecule has 0 bridgehead atoms. The molecule has 150 valence electrons. The van der Waals surface area contributed by atoms with Crippen molar-refractivity contribution >= 4 is 23.5 Å². The standard InChI is InChI=1S/C14H13N3O3.C3H3F3O2/c18-13(19)7-9-17-8-6-11(10-15-17)14(20)16-12-4-2-1-3-5-12;1-8-2(7)3(4,5)6/h1-6,8,10H,7,9H2,(H-,16,18,19,20);1H3/p+1. The average molecular weight is 400 g/mol. The Morgan fingerprint density at radius 1 is 1.18 bits per heavy atom. The van der Waals surface area contributed by atoms with Crippen molar-refractivity contribution in [3.63, 3.8) is 0 Å². The number of carboxylic acids is 1. The van der Waals surface area contributed by atoms with Gasteiger partial charge in [-0.2, -0.15) is 13.2 Å². The van der Waals surface area contributed by atoms with Gasteiger partial charge in [0.05, 0.1) is 12.7 Å². The normalized spacial score (nSPS) is 10.3. The van der Waals surface area contributed by atoms with Gasteiger partial charge in [-0.15, -0.1) is 0 Å². The van der Waals surface area contributed by atoms with Crippen molar-refractivity contribution in [3.05, 3.63) is 54.4 Å². The number of carbonyl (C=O) groups is 3. The van der Waals surface area contributed by atoms with E-state index in [2.05, 4.69) is 15.2 Å². The highest BCUT2D eigenvalue weighted by Gasteiger charge is 2.40. The smallest absolute Gasteiger partial charge is 0.481 e. The number of nitrogens with one attached hydrogen (secondary N) is 1. The van der Waals surface area contributed by atoms with Crippen LogP contribution in [-0.4, -0.2) is 41.3 Å². The number of hydrogen-bond acceptors (Lipinski definition) is 5. The monoisotopic (exact) mass is 400 g/mol. The van der Waals surface area contributed by atoms with Crippen molar-refractivity contribution in [3.8, 4) is 0 Å². The molecule has 11 heteroatoms. The van der Waals surface area contributed by atoms with Gasteiger partial charge in [0.15, 0.2) is 12.7 Å². The molecule has 0 aliphatic heterocycles. The molecular formula is C17H17F3N3O5+.